The number of anilines is 1. The Bertz CT molecular complexity index is 794. The molecule has 1 atom stereocenters. The Hall–Kier alpha value is -1.75. The van der Waals surface area contributed by atoms with Crippen molar-refractivity contribution >= 4 is 34.6 Å². The summed E-state index contributed by atoms with van der Waals surface area (Å²) >= 11 is 1.44. The van der Waals surface area contributed by atoms with Crippen LogP contribution in [0.4, 0.5) is 5.69 Å². The van der Waals surface area contributed by atoms with Crippen LogP contribution in [0.2, 0.25) is 0 Å². The second-order valence-electron chi connectivity index (χ2n) is 8.18. The Kier molecular flexibility index (Phi) is 4.95. The van der Waals surface area contributed by atoms with Gasteiger partial charge in [-0.05, 0) is 81.1 Å². The van der Waals surface area contributed by atoms with E-state index in [2.05, 4.69) is 62.7 Å². The third kappa shape index (κ3) is 3.18. The average Bonchev–Trinajstić information content (AvgIpc) is 2.82. The number of hydrogen-bond acceptors (Lipinski definition) is 4. The number of amides is 1. The molecule has 1 unspecified atom stereocenters. The SMILES string of the molecule is CN=C1S/C(=C\c2ccc3c(c2)C(C)CC(C)(C)N3C(C)C)C(=O)N1C. The molecule has 1 amide bonds. The average molecular weight is 372 g/mol. The Morgan fingerprint density at radius 2 is 2.04 bits per heavy atom. The van der Waals surface area contributed by atoms with Gasteiger partial charge >= 0.3 is 0 Å². The number of fused-ring (bicyclic) bond motifs is 1. The molecular formula is C21H29N3OS. The molecule has 4 nitrogen and oxygen atoms in total. The standard InChI is InChI=1S/C21H29N3OS/c1-13(2)24-17-9-8-15(10-16(17)14(3)12-21(24,4)5)11-18-19(25)23(7)20(22-6)26-18/h8-11,13-14H,12H2,1-7H3/b18-11-,22-20?. The minimum atomic E-state index is 0.0197. The normalized spacial score (nSPS) is 25.5. The van der Waals surface area contributed by atoms with Gasteiger partial charge in [-0.1, -0.05) is 13.0 Å². The first-order chi connectivity index (χ1) is 12.2. The van der Waals surface area contributed by atoms with Crippen LogP contribution in [0.15, 0.2) is 28.1 Å². The van der Waals surface area contributed by atoms with E-state index in [1.807, 2.05) is 6.08 Å². The van der Waals surface area contributed by atoms with Crippen molar-refractivity contribution in [3.05, 3.63) is 34.2 Å². The molecule has 140 valence electrons. The molecule has 1 fully saturated rings. The molecule has 0 bridgehead atoms. The third-order valence-corrected chi connectivity index (χ3v) is 6.46. The van der Waals surface area contributed by atoms with Gasteiger partial charge in [0.25, 0.3) is 5.91 Å². The van der Waals surface area contributed by atoms with Crippen molar-refractivity contribution in [2.24, 2.45) is 4.99 Å². The van der Waals surface area contributed by atoms with Crippen molar-refractivity contribution in [3.63, 3.8) is 0 Å². The summed E-state index contributed by atoms with van der Waals surface area (Å²) < 4.78 is 0. The lowest BCUT2D eigenvalue weighted by Gasteiger charge is -2.50. The third-order valence-electron chi connectivity index (χ3n) is 5.31. The number of aliphatic imine (C=N–C) groups is 1. The molecule has 1 aromatic carbocycles. The first-order valence-electron chi connectivity index (χ1n) is 9.23. The maximum absolute atomic E-state index is 12.4. The van der Waals surface area contributed by atoms with Crippen LogP contribution in [-0.4, -0.2) is 41.7 Å². The van der Waals surface area contributed by atoms with Crippen molar-refractivity contribution in [2.45, 2.75) is 58.5 Å². The molecule has 2 heterocycles. The monoisotopic (exact) mass is 371 g/mol. The highest BCUT2D eigenvalue weighted by atomic mass is 32.2. The Balaban J connectivity index is 2.01. The van der Waals surface area contributed by atoms with E-state index in [0.29, 0.717) is 12.0 Å². The summed E-state index contributed by atoms with van der Waals surface area (Å²) in [6, 6.07) is 7.06. The molecule has 0 saturated carbocycles. The predicted octanol–water partition coefficient (Wildman–Crippen LogP) is 4.72. The van der Waals surface area contributed by atoms with Gasteiger partial charge in [-0.2, -0.15) is 0 Å². The molecular weight excluding hydrogens is 342 g/mol. The Labute approximate surface area is 161 Å². The molecule has 2 aliphatic rings. The summed E-state index contributed by atoms with van der Waals surface area (Å²) in [5.41, 5.74) is 3.93. The van der Waals surface area contributed by atoms with Crippen LogP contribution in [0.1, 0.15) is 58.1 Å². The minimum absolute atomic E-state index is 0.0197. The summed E-state index contributed by atoms with van der Waals surface area (Å²) in [5, 5.41) is 0.750. The van der Waals surface area contributed by atoms with E-state index >= 15 is 0 Å². The summed E-state index contributed by atoms with van der Waals surface area (Å²) in [6.07, 6.45) is 3.12. The van der Waals surface area contributed by atoms with E-state index in [9.17, 15) is 4.79 Å². The van der Waals surface area contributed by atoms with Crippen molar-refractivity contribution in [1.29, 1.82) is 0 Å². The van der Waals surface area contributed by atoms with Gasteiger partial charge in [0.05, 0.1) is 4.91 Å². The topological polar surface area (TPSA) is 35.9 Å². The van der Waals surface area contributed by atoms with Crippen LogP contribution in [0, 0.1) is 0 Å². The highest BCUT2D eigenvalue weighted by molar-refractivity contribution is 8.18. The van der Waals surface area contributed by atoms with Gasteiger partial charge in [-0.15, -0.1) is 0 Å². The van der Waals surface area contributed by atoms with Crippen molar-refractivity contribution in [1.82, 2.24) is 4.90 Å². The van der Waals surface area contributed by atoms with Crippen LogP contribution in [-0.2, 0) is 4.79 Å². The fourth-order valence-electron chi connectivity index (χ4n) is 4.44. The van der Waals surface area contributed by atoms with Crippen LogP contribution in [0.5, 0.6) is 0 Å². The zero-order valence-corrected chi connectivity index (χ0v) is 17.6. The second kappa shape index (κ2) is 6.76. The zero-order valence-electron chi connectivity index (χ0n) is 16.8. The molecule has 0 radical (unpaired) electrons. The van der Waals surface area contributed by atoms with E-state index in [1.165, 1.54) is 23.0 Å². The van der Waals surface area contributed by atoms with Gasteiger partial charge in [0, 0.05) is 31.4 Å². The zero-order chi connectivity index (χ0) is 19.2. The number of thioether (sulfide) groups is 1. The van der Waals surface area contributed by atoms with Gasteiger partial charge in [0.1, 0.15) is 0 Å². The quantitative estimate of drug-likeness (QED) is 0.706. The van der Waals surface area contributed by atoms with Gasteiger partial charge in [-0.3, -0.25) is 14.7 Å². The van der Waals surface area contributed by atoms with Crippen LogP contribution in [0.3, 0.4) is 0 Å². The largest absolute Gasteiger partial charge is 0.364 e. The number of benzene rings is 1. The van der Waals surface area contributed by atoms with Crippen molar-refractivity contribution in [2.75, 3.05) is 19.0 Å². The molecule has 5 heteroatoms. The molecule has 26 heavy (non-hydrogen) atoms. The number of carbonyl (C=O) groups excluding carboxylic acids is 1. The van der Waals surface area contributed by atoms with Crippen molar-refractivity contribution < 1.29 is 4.79 Å². The number of nitrogens with zero attached hydrogens (tertiary/aromatic N) is 3. The van der Waals surface area contributed by atoms with Gasteiger partial charge < -0.3 is 4.90 Å². The minimum Gasteiger partial charge on any atom is -0.364 e. The summed E-state index contributed by atoms with van der Waals surface area (Å²) in [6.45, 7) is 11.5. The Morgan fingerprint density at radius 1 is 1.35 bits per heavy atom. The maximum atomic E-state index is 12.4. The van der Waals surface area contributed by atoms with Crippen molar-refractivity contribution in [3.8, 4) is 0 Å². The van der Waals surface area contributed by atoms with Crippen LogP contribution in [0.25, 0.3) is 6.08 Å². The summed E-state index contributed by atoms with van der Waals surface area (Å²) in [5.74, 6) is 0.516. The molecule has 1 aromatic rings. The lowest BCUT2D eigenvalue weighted by Crippen LogP contribution is -2.51. The van der Waals surface area contributed by atoms with E-state index in [0.717, 1.165) is 22.1 Å². The smallest absolute Gasteiger partial charge is 0.266 e. The number of likely N-dealkylation sites (N-methyl/N-ethyl adjacent to an activating group) is 1. The van der Waals surface area contributed by atoms with Crippen LogP contribution < -0.4 is 4.90 Å². The molecule has 0 N–H and O–H groups in total. The highest BCUT2D eigenvalue weighted by Gasteiger charge is 2.37. The molecule has 1 saturated heterocycles. The highest BCUT2D eigenvalue weighted by Crippen LogP contribution is 2.45. The lowest BCUT2D eigenvalue weighted by molar-refractivity contribution is -0.121. The summed E-state index contributed by atoms with van der Waals surface area (Å²) in [7, 11) is 3.49. The Morgan fingerprint density at radius 3 is 2.62 bits per heavy atom. The molecule has 0 aliphatic carbocycles. The van der Waals surface area contributed by atoms with E-state index < -0.39 is 0 Å². The van der Waals surface area contributed by atoms with Gasteiger partial charge in [0.15, 0.2) is 5.17 Å². The summed E-state index contributed by atoms with van der Waals surface area (Å²) in [4.78, 5) is 21.5. The molecule has 2 aliphatic heterocycles. The van der Waals surface area contributed by atoms with E-state index in [-0.39, 0.29) is 11.4 Å². The first kappa shape index (κ1) is 19.0. The number of amidine groups is 1. The lowest BCUT2D eigenvalue weighted by atomic mass is 9.79. The van der Waals surface area contributed by atoms with Crippen LogP contribution >= 0.6 is 11.8 Å². The van der Waals surface area contributed by atoms with Gasteiger partial charge in [0.2, 0.25) is 0 Å². The van der Waals surface area contributed by atoms with Gasteiger partial charge in [-0.25, -0.2) is 0 Å². The first-order valence-corrected chi connectivity index (χ1v) is 10.0. The number of rotatable bonds is 2. The fraction of sp³-hybridized carbons (Fsp3) is 0.524. The fourth-order valence-corrected chi connectivity index (χ4v) is 5.37. The number of carbonyl (C=O) groups is 1. The second-order valence-corrected chi connectivity index (χ2v) is 9.19. The predicted molar refractivity (Wildman–Crippen MR) is 113 cm³/mol. The molecule has 0 aromatic heterocycles. The van der Waals surface area contributed by atoms with E-state index in [1.54, 1.807) is 19.0 Å². The molecule has 0 spiro atoms. The number of hydrogen-bond donors (Lipinski definition) is 0. The maximum Gasteiger partial charge on any atom is 0.266 e. The van der Waals surface area contributed by atoms with E-state index in [4.69, 9.17) is 0 Å². The molecule has 3 rings (SSSR count).